The van der Waals surface area contributed by atoms with Crippen molar-refractivity contribution in [1.29, 1.82) is 0 Å². The van der Waals surface area contributed by atoms with E-state index in [0.29, 0.717) is 0 Å². The average Bonchev–Trinajstić information content (AvgIpc) is 2.71. The summed E-state index contributed by atoms with van der Waals surface area (Å²) in [6.45, 7) is 3.69. The van der Waals surface area contributed by atoms with Crippen molar-refractivity contribution in [1.82, 2.24) is 0 Å². The molecule has 0 unspecified atom stereocenters. The number of nitrogens with zero attached hydrogens (tertiary/aromatic N) is 1. The molecule has 0 spiro atoms. The van der Waals surface area contributed by atoms with Gasteiger partial charge in [0.2, 0.25) is 0 Å². The smallest absolute Gasteiger partial charge is 0.129 e. The van der Waals surface area contributed by atoms with Crippen LogP contribution in [0.25, 0.3) is 0 Å². The number of hydrogen-bond donors (Lipinski definition) is 0. The molecule has 1 fully saturated rings. The summed E-state index contributed by atoms with van der Waals surface area (Å²) in [5.41, 5.74) is 1.46. The molecular formula is C24H28NSi+. The highest BCUT2D eigenvalue weighted by atomic mass is 28.3. The summed E-state index contributed by atoms with van der Waals surface area (Å²) in [7, 11) is 0.789. The van der Waals surface area contributed by atoms with E-state index in [1.54, 1.807) is 10.4 Å². The minimum absolute atomic E-state index is 1.15. The van der Waals surface area contributed by atoms with Gasteiger partial charge in [-0.05, 0) is 0 Å². The second-order valence-corrected chi connectivity index (χ2v) is 12.3. The van der Waals surface area contributed by atoms with E-state index in [0.717, 1.165) is 6.54 Å². The summed E-state index contributed by atoms with van der Waals surface area (Å²) in [5, 5.41) is 3.22. The van der Waals surface area contributed by atoms with Crippen LogP contribution in [0, 0.1) is 0 Å². The summed E-state index contributed by atoms with van der Waals surface area (Å²) in [5.74, 6) is 0. The van der Waals surface area contributed by atoms with E-state index in [4.69, 9.17) is 0 Å². The highest BCUT2D eigenvalue weighted by Crippen LogP contribution is 2.28. The van der Waals surface area contributed by atoms with Crippen LogP contribution in [0.2, 0.25) is 12.1 Å². The molecule has 4 rings (SSSR count). The zero-order valence-electron chi connectivity index (χ0n) is 15.6. The van der Waals surface area contributed by atoms with E-state index in [1.165, 1.54) is 35.2 Å². The van der Waals surface area contributed by atoms with Crippen molar-refractivity contribution in [3.63, 3.8) is 0 Å². The van der Waals surface area contributed by atoms with Crippen LogP contribution in [0.3, 0.4) is 0 Å². The third-order valence-corrected chi connectivity index (χ3v) is 11.2. The second-order valence-electron chi connectivity index (χ2n) is 8.02. The van der Waals surface area contributed by atoms with Gasteiger partial charge in [0.15, 0.2) is 0 Å². The summed E-state index contributed by atoms with van der Waals surface area (Å²) in [4.78, 5) is 0. The van der Waals surface area contributed by atoms with Crippen molar-refractivity contribution in [2.24, 2.45) is 0 Å². The predicted molar refractivity (Wildman–Crippen MR) is 114 cm³/mol. The highest BCUT2D eigenvalue weighted by Gasteiger charge is 2.44. The van der Waals surface area contributed by atoms with E-state index in [9.17, 15) is 0 Å². The largest absolute Gasteiger partial charge is 0.323 e. The van der Waals surface area contributed by atoms with Crippen molar-refractivity contribution >= 4 is 18.4 Å². The molecule has 0 amide bonds. The maximum absolute atomic E-state index is 2.45. The van der Waals surface area contributed by atoms with Crippen molar-refractivity contribution in [2.45, 2.75) is 18.6 Å². The van der Waals surface area contributed by atoms with Gasteiger partial charge in [0.05, 0.1) is 20.1 Å². The van der Waals surface area contributed by atoms with Crippen LogP contribution in [0.1, 0.15) is 5.56 Å². The van der Waals surface area contributed by atoms with Gasteiger partial charge in [-0.25, -0.2) is 0 Å². The summed E-state index contributed by atoms with van der Waals surface area (Å²) in [6, 6.07) is 36.4. The van der Waals surface area contributed by atoms with E-state index in [-0.39, 0.29) is 0 Å². The lowest BCUT2D eigenvalue weighted by Gasteiger charge is -2.46. The number of rotatable bonds is 4. The molecule has 0 aliphatic carbocycles. The molecule has 1 heterocycles. The molecule has 1 aliphatic rings. The van der Waals surface area contributed by atoms with Crippen LogP contribution in [0.4, 0.5) is 0 Å². The van der Waals surface area contributed by atoms with Gasteiger partial charge in [0.25, 0.3) is 0 Å². The summed E-state index contributed by atoms with van der Waals surface area (Å²) < 4.78 is 1.17. The first-order valence-corrected chi connectivity index (χ1v) is 12.1. The maximum Gasteiger partial charge on any atom is 0.129 e. The molecule has 0 aromatic heterocycles. The first-order valence-electron chi connectivity index (χ1n) is 9.69. The maximum atomic E-state index is 2.45. The molecule has 1 aliphatic heterocycles. The van der Waals surface area contributed by atoms with Crippen LogP contribution in [-0.4, -0.2) is 32.7 Å². The fourth-order valence-corrected chi connectivity index (χ4v) is 9.84. The number of benzene rings is 3. The van der Waals surface area contributed by atoms with Crippen LogP contribution in [0.5, 0.6) is 0 Å². The lowest BCUT2D eigenvalue weighted by atomic mass is 10.2. The Labute approximate surface area is 158 Å². The van der Waals surface area contributed by atoms with Crippen molar-refractivity contribution in [2.75, 3.05) is 20.1 Å². The van der Waals surface area contributed by atoms with Gasteiger partial charge in [0.1, 0.15) is 14.6 Å². The van der Waals surface area contributed by atoms with E-state index >= 15 is 0 Å². The predicted octanol–water partition coefficient (Wildman–Crippen LogP) is 3.91. The van der Waals surface area contributed by atoms with Crippen molar-refractivity contribution < 1.29 is 4.48 Å². The van der Waals surface area contributed by atoms with Gasteiger partial charge in [0, 0.05) is 17.7 Å². The van der Waals surface area contributed by atoms with Crippen LogP contribution >= 0.6 is 0 Å². The Morgan fingerprint density at radius 3 is 1.54 bits per heavy atom. The zero-order valence-corrected chi connectivity index (χ0v) is 16.6. The molecular weight excluding hydrogens is 330 g/mol. The molecule has 3 aromatic carbocycles. The molecule has 3 aromatic rings. The Hall–Kier alpha value is -2.16. The molecule has 1 saturated heterocycles. The van der Waals surface area contributed by atoms with Crippen molar-refractivity contribution in [3.8, 4) is 0 Å². The zero-order chi connectivity index (χ0) is 17.9. The topological polar surface area (TPSA) is 0 Å². The first-order chi connectivity index (χ1) is 12.7. The summed E-state index contributed by atoms with van der Waals surface area (Å²) >= 11 is 0. The highest BCUT2D eigenvalue weighted by molar-refractivity contribution is 7.02. The van der Waals surface area contributed by atoms with Crippen LogP contribution < -0.4 is 10.4 Å². The third kappa shape index (κ3) is 3.40. The number of quaternary nitrogens is 1. The van der Waals surface area contributed by atoms with Crippen LogP contribution in [-0.2, 0) is 6.54 Å². The van der Waals surface area contributed by atoms with Gasteiger partial charge in [-0.15, -0.1) is 0 Å². The lowest BCUT2D eigenvalue weighted by molar-refractivity contribution is -0.920. The van der Waals surface area contributed by atoms with Gasteiger partial charge >= 0.3 is 0 Å². The standard InChI is InChI=1S/C24H28NSi/c1-25(21-22-11-5-2-6-12-22)17-19-26(20-18-25,23-13-7-3-8-14-23)24-15-9-4-10-16-24/h2-16H,17-21H2,1H3/q+1. The Morgan fingerprint density at radius 1 is 0.654 bits per heavy atom. The first kappa shape index (κ1) is 17.3. The summed E-state index contributed by atoms with van der Waals surface area (Å²) in [6.07, 6.45) is 0. The normalized spacial score (nSPS) is 18.3. The number of hydrogen-bond acceptors (Lipinski definition) is 0. The molecule has 26 heavy (non-hydrogen) atoms. The second kappa shape index (κ2) is 7.22. The SMILES string of the molecule is C[N+]1(Cc2ccccc2)CC[Si](c2ccccc2)(c2ccccc2)CC1. The van der Waals surface area contributed by atoms with Crippen molar-refractivity contribution in [3.05, 3.63) is 96.6 Å². The van der Waals surface area contributed by atoms with E-state index in [1.807, 2.05) is 0 Å². The molecule has 0 N–H and O–H groups in total. The molecule has 2 heteroatoms. The molecule has 0 saturated carbocycles. The Morgan fingerprint density at radius 2 is 1.08 bits per heavy atom. The molecule has 132 valence electrons. The van der Waals surface area contributed by atoms with Gasteiger partial charge < -0.3 is 4.48 Å². The molecule has 1 nitrogen and oxygen atoms in total. The Balaban J connectivity index is 1.63. The minimum Gasteiger partial charge on any atom is -0.323 e. The average molecular weight is 359 g/mol. The van der Waals surface area contributed by atoms with Crippen LogP contribution in [0.15, 0.2) is 91.0 Å². The lowest BCUT2D eigenvalue weighted by Crippen LogP contribution is -2.66. The fourth-order valence-electron chi connectivity index (χ4n) is 4.60. The molecule has 0 atom stereocenters. The Bertz CT molecular complexity index is 780. The van der Waals surface area contributed by atoms with Gasteiger partial charge in [-0.3, -0.25) is 0 Å². The van der Waals surface area contributed by atoms with E-state index < -0.39 is 8.07 Å². The molecule has 0 radical (unpaired) electrons. The quantitative estimate of drug-likeness (QED) is 0.490. The monoisotopic (exact) mass is 358 g/mol. The minimum atomic E-state index is -1.66. The fraction of sp³-hybridized carbons (Fsp3) is 0.250. The Kier molecular flexibility index (Phi) is 4.79. The van der Waals surface area contributed by atoms with Gasteiger partial charge in [-0.1, -0.05) is 101 Å². The third-order valence-electron chi connectivity index (χ3n) is 6.22. The molecule has 0 bridgehead atoms. The van der Waals surface area contributed by atoms with Gasteiger partial charge in [-0.2, -0.15) is 0 Å². The van der Waals surface area contributed by atoms with E-state index in [2.05, 4.69) is 98.0 Å².